The molecule has 3 heteroatoms. The molecule has 0 aromatic heterocycles. The number of Topliss-reactive ketones (excluding diaryl/α,β-unsaturated/α-hetero) is 2. The number of carbonyl (C=O) groups is 2. The van der Waals surface area contributed by atoms with E-state index in [4.69, 9.17) is 0 Å². The molecule has 0 atom stereocenters. The third-order valence-corrected chi connectivity index (χ3v) is 3.61. The van der Waals surface area contributed by atoms with Crippen molar-refractivity contribution in [2.75, 3.05) is 0 Å². The molecule has 1 aliphatic carbocycles. The molecule has 1 aromatic rings. The summed E-state index contributed by atoms with van der Waals surface area (Å²) in [6.07, 6.45) is 7.46. The lowest BCUT2D eigenvalue weighted by Gasteiger charge is -2.23. The predicted octanol–water partition coefficient (Wildman–Crippen LogP) is 3.11. The SMILES string of the molecule is CC(C)N1C=CC(=C2C(=O)c3ccccc3C2=O)C=C1. The summed E-state index contributed by atoms with van der Waals surface area (Å²) < 4.78 is 0. The number of fused-ring (bicyclic) bond motifs is 1. The normalized spacial score (nSPS) is 17.4. The van der Waals surface area contributed by atoms with Crippen molar-refractivity contribution in [3.8, 4) is 0 Å². The first-order valence-corrected chi connectivity index (χ1v) is 6.66. The third kappa shape index (κ3) is 1.83. The first kappa shape index (κ1) is 12.6. The smallest absolute Gasteiger partial charge is 0.198 e. The maximum Gasteiger partial charge on any atom is 0.198 e. The molecule has 0 saturated carbocycles. The van der Waals surface area contributed by atoms with Gasteiger partial charge in [0, 0.05) is 29.6 Å². The summed E-state index contributed by atoms with van der Waals surface area (Å²) in [5.74, 6) is -0.346. The van der Waals surface area contributed by atoms with Crippen molar-refractivity contribution < 1.29 is 9.59 Å². The largest absolute Gasteiger partial charge is 0.352 e. The average molecular weight is 265 g/mol. The molecule has 0 radical (unpaired) electrons. The molecule has 0 bridgehead atoms. The fourth-order valence-corrected chi connectivity index (χ4v) is 2.46. The van der Waals surface area contributed by atoms with E-state index >= 15 is 0 Å². The van der Waals surface area contributed by atoms with Crippen LogP contribution in [0.1, 0.15) is 34.6 Å². The molecule has 1 heterocycles. The molecule has 20 heavy (non-hydrogen) atoms. The minimum Gasteiger partial charge on any atom is -0.352 e. The minimum atomic E-state index is -0.173. The van der Waals surface area contributed by atoms with Gasteiger partial charge in [0.1, 0.15) is 0 Å². The Morgan fingerprint density at radius 2 is 1.40 bits per heavy atom. The van der Waals surface area contributed by atoms with Crippen LogP contribution in [0.2, 0.25) is 0 Å². The summed E-state index contributed by atoms with van der Waals surface area (Å²) in [6, 6.07) is 7.33. The second-order valence-corrected chi connectivity index (χ2v) is 5.21. The Kier molecular flexibility index (Phi) is 2.90. The summed E-state index contributed by atoms with van der Waals surface area (Å²) >= 11 is 0. The molecule has 0 amide bonds. The Morgan fingerprint density at radius 1 is 0.900 bits per heavy atom. The van der Waals surface area contributed by atoms with Gasteiger partial charge in [-0.15, -0.1) is 0 Å². The number of rotatable bonds is 1. The van der Waals surface area contributed by atoms with Crippen LogP contribution in [0.3, 0.4) is 0 Å². The minimum absolute atomic E-state index is 0.173. The Labute approximate surface area is 117 Å². The molecule has 1 aromatic carbocycles. The van der Waals surface area contributed by atoms with Gasteiger partial charge in [-0.3, -0.25) is 9.59 Å². The second kappa shape index (κ2) is 4.60. The van der Waals surface area contributed by atoms with Crippen molar-refractivity contribution in [2.24, 2.45) is 0 Å². The lowest BCUT2D eigenvalue weighted by atomic mass is 10.0. The van der Waals surface area contributed by atoms with Crippen LogP contribution in [-0.2, 0) is 0 Å². The monoisotopic (exact) mass is 265 g/mol. The molecule has 0 fully saturated rings. The molecule has 3 nitrogen and oxygen atoms in total. The van der Waals surface area contributed by atoms with Crippen LogP contribution in [0.4, 0.5) is 0 Å². The zero-order valence-corrected chi connectivity index (χ0v) is 11.5. The van der Waals surface area contributed by atoms with E-state index in [1.807, 2.05) is 29.5 Å². The third-order valence-electron chi connectivity index (χ3n) is 3.61. The number of carbonyl (C=O) groups excluding carboxylic acids is 2. The molecular formula is C17H15NO2. The van der Waals surface area contributed by atoms with Crippen molar-refractivity contribution in [1.29, 1.82) is 0 Å². The van der Waals surface area contributed by atoms with Crippen LogP contribution in [0.15, 0.2) is 60.0 Å². The van der Waals surface area contributed by atoms with Gasteiger partial charge in [-0.2, -0.15) is 0 Å². The van der Waals surface area contributed by atoms with E-state index in [9.17, 15) is 9.59 Å². The zero-order chi connectivity index (χ0) is 14.3. The van der Waals surface area contributed by atoms with E-state index in [-0.39, 0.29) is 17.1 Å². The van der Waals surface area contributed by atoms with Crippen molar-refractivity contribution in [3.63, 3.8) is 0 Å². The highest BCUT2D eigenvalue weighted by Gasteiger charge is 2.34. The van der Waals surface area contributed by atoms with Crippen LogP contribution in [0.25, 0.3) is 0 Å². The first-order valence-electron chi connectivity index (χ1n) is 6.66. The molecule has 0 N–H and O–H groups in total. The van der Waals surface area contributed by atoms with Gasteiger partial charge in [0.05, 0.1) is 5.57 Å². The number of allylic oxidation sites excluding steroid dienone is 4. The maximum atomic E-state index is 12.4. The van der Waals surface area contributed by atoms with Gasteiger partial charge in [-0.1, -0.05) is 24.3 Å². The fraction of sp³-hybridized carbons (Fsp3) is 0.176. The summed E-state index contributed by atoms with van der Waals surface area (Å²) in [7, 11) is 0. The van der Waals surface area contributed by atoms with Gasteiger partial charge >= 0.3 is 0 Å². The van der Waals surface area contributed by atoms with Gasteiger partial charge in [0.25, 0.3) is 0 Å². The quantitative estimate of drug-likeness (QED) is 0.578. The highest BCUT2D eigenvalue weighted by molar-refractivity contribution is 6.40. The van der Waals surface area contributed by atoms with Crippen LogP contribution in [0.5, 0.6) is 0 Å². The van der Waals surface area contributed by atoms with E-state index in [1.165, 1.54) is 0 Å². The van der Waals surface area contributed by atoms with Crippen molar-refractivity contribution in [1.82, 2.24) is 4.90 Å². The van der Waals surface area contributed by atoms with Gasteiger partial charge in [0.15, 0.2) is 11.6 Å². The van der Waals surface area contributed by atoms with Gasteiger partial charge in [-0.25, -0.2) is 0 Å². The lowest BCUT2D eigenvalue weighted by molar-refractivity contribution is 0.0988. The van der Waals surface area contributed by atoms with Gasteiger partial charge in [-0.05, 0) is 31.6 Å². The van der Waals surface area contributed by atoms with Gasteiger partial charge in [0.2, 0.25) is 0 Å². The first-order chi connectivity index (χ1) is 9.59. The summed E-state index contributed by atoms with van der Waals surface area (Å²) in [5, 5.41) is 0. The lowest BCUT2D eigenvalue weighted by Crippen LogP contribution is -2.21. The second-order valence-electron chi connectivity index (χ2n) is 5.21. The Balaban J connectivity index is 2.04. The van der Waals surface area contributed by atoms with E-state index in [1.54, 1.807) is 24.3 Å². The summed E-state index contributed by atoms with van der Waals surface area (Å²) in [4.78, 5) is 26.8. The number of hydrogen-bond acceptors (Lipinski definition) is 3. The molecule has 100 valence electrons. The Bertz CT molecular complexity index is 640. The van der Waals surface area contributed by atoms with E-state index in [0.717, 1.165) is 0 Å². The van der Waals surface area contributed by atoms with Crippen molar-refractivity contribution in [2.45, 2.75) is 19.9 Å². The van der Waals surface area contributed by atoms with E-state index < -0.39 is 0 Å². The van der Waals surface area contributed by atoms with Crippen LogP contribution >= 0.6 is 0 Å². The molecule has 0 saturated heterocycles. The highest BCUT2D eigenvalue weighted by Crippen LogP contribution is 2.30. The summed E-state index contributed by atoms with van der Waals surface area (Å²) in [5.41, 5.74) is 1.98. The van der Waals surface area contributed by atoms with Crippen LogP contribution in [0, 0.1) is 0 Å². The van der Waals surface area contributed by atoms with Crippen molar-refractivity contribution in [3.05, 3.63) is 71.1 Å². The van der Waals surface area contributed by atoms with Crippen LogP contribution in [-0.4, -0.2) is 22.5 Å². The highest BCUT2D eigenvalue weighted by atomic mass is 16.2. The molecule has 0 spiro atoms. The van der Waals surface area contributed by atoms with Crippen LogP contribution < -0.4 is 0 Å². The number of hydrogen-bond donors (Lipinski definition) is 0. The number of benzene rings is 1. The Hall–Kier alpha value is -2.42. The predicted molar refractivity (Wildman–Crippen MR) is 77.4 cm³/mol. The number of nitrogens with zero attached hydrogens (tertiary/aromatic N) is 1. The Morgan fingerprint density at radius 3 is 1.85 bits per heavy atom. The van der Waals surface area contributed by atoms with E-state index in [0.29, 0.717) is 22.7 Å². The topological polar surface area (TPSA) is 37.4 Å². The fourth-order valence-electron chi connectivity index (χ4n) is 2.46. The number of ketones is 2. The average Bonchev–Trinajstić information content (AvgIpc) is 2.72. The molecule has 0 unspecified atom stereocenters. The molecular weight excluding hydrogens is 250 g/mol. The molecule has 2 aliphatic rings. The molecule has 1 aliphatic heterocycles. The van der Waals surface area contributed by atoms with Gasteiger partial charge < -0.3 is 4.90 Å². The van der Waals surface area contributed by atoms with Crippen molar-refractivity contribution >= 4 is 11.6 Å². The van der Waals surface area contributed by atoms with E-state index in [2.05, 4.69) is 13.8 Å². The maximum absolute atomic E-state index is 12.4. The molecule has 3 rings (SSSR count). The standard InChI is InChI=1S/C17H15NO2/c1-11(2)18-9-7-12(8-10-18)15-16(19)13-5-3-4-6-14(13)17(15)20/h3-11H,1-2H3. The summed E-state index contributed by atoms with van der Waals surface area (Å²) in [6.45, 7) is 4.16. The zero-order valence-electron chi connectivity index (χ0n) is 11.5.